The highest BCUT2D eigenvalue weighted by Crippen LogP contribution is 2.13. The van der Waals surface area contributed by atoms with Gasteiger partial charge >= 0.3 is 11.7 Å². The van der Waals surface area contributed by atoms with Crippen LogP contribution in [0.1, 0.15) is 12.5 Å². The van der Waals surface area contributed by atoms with Crippen LogP contribution in [0.4, 0.5) is 5.69 Å². The van der Waals surface area contributed by atoms with Gasteiger partial charge in [0.15, 0.2) is 14.4 Å². The molecule has 1 aromatic carbocycles. The van der Waals surface area contributed by atoms with Crippen molar-refractivity contribution in [2.24, 2.45) is 0 Å². The predicted molar refractivity (Wildman–Crippen MR) is 85.4 cm³/mol. The maximum Gasteiger partial charge on any atom is 0.420 e. The monoisotopic (exact) mass is 337 g/mol. The molecule has 1 rings (SSSR count). The van der Waals surface area contributed by atoms with Crippen LogP contribution in [-0.4, -0.2) is 35.8 Å². The number of non-ortho nitro benzene ring substituents is 1. The number of nitro benzene ring substituents is 1. The molecule has 0 saturated heterocycles. The molecular formula is C14H19N3O5Si. The molecule has 0 fully saturated rings. The van der Waals surface area contributed by atoms with Gasteiger partial charge in [-0.1, -0.05) is 0 Å². The van der Waals surface area contributed by atoms with Crippen molar-refractivity contribution in [3.05, 3.63) is 45.5 Å². The molecule has 0 aliphatic carbocycles. The number of nitrogens with zero attached hydrogens (tertiary/aromatic N) is 3. The molecule has 0 saturated carbocycles. The molecule has 0 aromatic heterocycles. The summed E-state index contributed by atoms with van der Waals surface area (Å²) in [7, 11) is -1.91. The van der Waals surface area contributed by atoms with Crippen molar-refractivity contribution in [1.29, 1.82) is 0 Å². The first-order chi connectivity index (χ1) is 10.6. The Bertz CT molecular complexity index is 633. The van der Waals surface area contributed by atoms with Gasteiger partial charge in [-0.2, -0.15) is 4.79 Å². The van der Waals surface area contributed by atoms with E-state index in [4.69, 9.17) is 14.7 Å². The lowest BCUT2D eigenvalue weighted by Gasteiger charge is -2.20. The zero-order chi connectivity index (χ0) is 17.6. The number of hydrogen-bond acceptors (Lipinski definition) is 5. The molecule has 0 heterocycles. The topological polar surface area (TPSA) is 115 Å². The van der Waals surface area contributed by atoms with E-state index in [1.54, 1.807) is 6.92 Å². The molecule has 9 heteroatoms. The maximum absolute atomic E-state index is 12.0. The van der Waals surface area contributed by atoms with Gasteiger partial charge in [0.2, 0.25) is 0 Å². The number of hydrogen-bond donors (Lipinski definition) is 0. The van der Waals surface area contributed by atoms with Gasteiger partial charge in [0.25, 0.3) is 5.69 Å². The summed E-state index contributed by atoms with van der Waals surface area (Å²) in [6.07, 6.45) is -0.684. The Hall–Kier alpha value is -2.35. The van der Waals surface area contributed by atoms with Crippen LogP contribution in [0, 0.1) is 10.1 Å². The molecule has 8 nitrogen and oxygen atoms in total. The van der Waals surface area contributed by atoms with E-state index in [-0.39, 0.29) is 18.0 Å². The number of carbonyl (C=O) groups excluding carboxylic acids is 1. The van der Waals surface area contributed by atoms with E-state index in [1.165, 1.54) is 24.3 Å². The number of nitro groups is 1. The van der Waals surface area contributed by atoms with Crippen LogP contribution in [-0.2, 0) is 20.6 Å². The summed E-state index contributed by atoms with van der Waals surface area (Å²) in [4.78, 5) is 25.0. The zero-order valence-electron chi connectivity index (χ0n) is 13.5. The molecule has 0 amide bonds. The third-order valence-corrected chi connectivity index (χ3v) is 3.81. The lowest BCUT2D eigenvalue weighted by molar-refractivity contribution is -0.384. The van der Waals surface area contributed by atoms with Crippen molar-refractivity contribution < 1.29 is 23.7 Å². The summed E-state index contributed by atoms with van der Waals surface area (Å²) in [5.74, 6) is -0.795. The van der Waals surface area contributed by atoms with E-state index in [1.807, 2.05) is 19.6 Å². The molecule has 0 aliphatic rings. The molecule has 0 N–H and O–H groups in total. The fourth-order valence-corrected chi connectivity index (χ4v) is 2.98. The van der Waals surface area contributed by atoms with E-state index in [0.29, 0.717) is 5.56 Å². The van der Waals surface area contributed by atoms with Crippen molar-refractivity contribution in [2.75, 3.05) is 0 Å². The van der Waals surface area contributed by atoms with Crippen molar-refractivity contribution in [3.8, 4) is 0 Å². The smallest absolute Gasteiger partial charge is 0.420 e. The highest BCUT2D eigenvalue weighted by Gasteiger charge is 2.33. The van der Waals surface area contributed by atoms with Gasteiger partial charge in [0.05, 0.1) is 4.92 Å². The third-order valence-electron chi connectivity index (χ3n) is 2.75. The van der Waals surface area contributed by atoms with Crippen LogP contribution < -0.4 is 0 Å². The lowest BCUT2D eigenvalue weighted by atomic mass is 10.2. The molecule has 1 atom stereocenters. The number of rotatable bonds is 7. The van der Waals surface area contributed by atoms with Crippen molar-refractivity contribution in [1.82, 2.24) is 0 Å². The minimum atomic E-state index is -1.91. The van der Waals surface area contributed by atoms with E-state index >= 15 is 0 Å². The summed E-state index contributed by atoms with van der Waals surface area (Å²) in [6.45, 7) is 7.36. The van der Waals surface area contributed by atoms with Crippen LogP contribution in [0.15, 0.2) is 24.3 Å². The van der Waals surface area contributed by atoms with E-state index < -0.39 is 25.3 Å². The zero-order valence-corrected chi connectivity index (χ0v) is 14.5. The molecule has 0 spiro atoms. The number of esters is 1. The Labute approximate surface area is 134 Å². The maximum atomic E-state index is 12.0. The number of carbonyl (C=O) groups is 1. The van der Waals surface area contributed by atoms with Gasteiger partial charge in [-0.05, 0) is 44.3 Å². The van der Waals surface area contributed by atoms with Crippen LogP contribution in [0.3, 0.4) is 0 Å². The van der Waals surface area contributed by atoms with Gasteiger partial charge in [-0.3, -0.25) is 10.1 Å². The van der Waals surface area contributed by atoms with Gasteiger partial charge in [-0.25, -0.2) is 4.79 Å². The van der Waals surface area contributed by atoms with Crippen molar-refractivity contribution in [2.45, 2.75) is 39.3 Å². The first-order valence-electron chi connectivity index (χ1n) is 6.94. The fraction of sp³-hybridized carbons (Fsp3) is 0.429. The normalized spacial score (nSPS) is 12.2. The van der Waals surface area contributed by atoms with Gasteiger partial charge in [-0.15, -0.1) is 0 Å². The second kappa shape index (κ2) is 7.77. The highest BCUT2D eigenvalue weighted by molar-refractivity contribution is 6.70. The van der Waals surface area contributed by atoms with Crippen molar-refractivity contribution >= 4 is 25.7 Å². The first-order valence-corrected chi connectivity index (χ1v) is 10.3. The third kappa shape index (κ3) is 6.11. The van der Waals surface area contributed by atoms with E-state index in [0.717, 1.165) is 0 Å². The molecule has 0 aliphatic heterocycles. The summed E-state index contributed by atoms with van der Waals surface area (Å²) < 4.78 is 10.7. The summed E-state index contributed by atoms with van der Waals surface area (Å²) in [6, 6.07) is 5.62. The Kier molecular flexibility index (Phi) is 6.32. The fourth-order valence-electron chi connectivity index (χ4n) is 1.81. The van der Waals surface area contributed by atoms with E-state index in [2.05, 4.69) is 4.79 Å². The van der Waals surface area contributed by atoms with Gasteiger partial charge in [0, 0.05) is 12.1 Å². The second-order valence-electron chi connectivity index (χ2n) is 5.86. The first kappa shape index (κ1) is 18.7. The van der Waals surface area contributed by atoms with Gasteiger partial charge in [0.1, 0.15) is 6.61 Å². The average molecular weight is 337 g/mol. The summed E-state index contributed by atoms with van der Waals surface area (Å²) >= 11 is 0. The molecule has 1 aromatic rings. The van der Waals surface area contributed by atoms with Crippen LogP contribution in [0.2, 0.25) is 19.6 Å². The minimum absolute atomic E-state index is 0.0464. The quantitative estimate of drug-likeness (QED) is 0.144. The average Bonchev–Trinajstić information content (AvgIpc) is 2.44. The molecular weight excluding hydrogens is 318 g/mol. The van der Waals surface area contributed by atoms with Gasteiger partial charge < -0.3 is 14.7 Å². The predicted octanol–water partition coefficient (Wildman–Crippen LogP) is 2.55. The SMILES string of the molecule is CC(O[Si](C)(C)C)C(=[N+]=[N-])C(=O)OCc1ccc([N+](=O)[O-])cc1. The largest absolute Gasteiger partial charge is 0.452 e. The Morgan fingerprint density at radius 1 is 1.35 bits per heavy atom. The minimum Gasteiger partial charge on any atom is -0.452 e. The van der Waals surface area contributed by atoms with E-state index in [9.17, 15) is 14.9 Å². The summed E-state index contributed by atoms with van der Waals surface area (Å²) in [5.41, 5.74) is 9.33. The highest BCUT2D eigenvalue weighted by atomic mass is 28.4. The second-order valence-corrected chi connectivity index (χ2v) is 10.3. The number of ether oxygens (including phenoxy) is 1. The Morgan fingerprint density at radius 2 is 1.91 bits per heavy atom. The lowest BCUT2D eigenvalue weighted by Crippen LogP contribution is -2.39. The Morgan fingerprint density at radius 3 is 2.35 bits per heavy atom. The van der Waals surface area contributed by atoms with Crippen LogP contribution in [0.25, 0.3) is 5.53 Å². The molecule has 23 heavy (non-hydrogen) atoms. The van der Waals surface area contributed by atoms with Crippen LogP contribution in [0.5, 0.6) is 0 Å². The molecule has 0 bridgehead atoms. The molecule has 1 unspecified atom stereocenters. The standard InChI is InChI=1S/C14H19N3O5Si/c1-10(22-23(2,3)4)13(16-15)14(18)21-9-11-5-7-12(8-6-11)17(19)20/h5-8,10H,9H2,1-4H3. The summed E-state index contributed by atoms with van der Waals surface area (Å²) in [5, 5.41) is 10.6. The Balaban J connectivity index is 2.67. The molecule has 124 valence electrons. The number of benzene rings is 1. The van der Waals surface area contributed by atoms with Crippen molar-refractivity contribution in [3.63, 3.8) is 0 Å². The van der Waals surface area contributed by atoms with Crippen LogP contribution >= 0.6 is 0 Å². The molecule has 0 radical (unpaired) electrons.